The van der Waals surface area contributed by atoms with Crippen LogP contribution in [-0.2, 0) is 16.1 Å². The van der Waals surface area contributed by atoms with Crippen LogP contribution in [0.15, 0.2) is 30.3 Å². The molecule has 3 rings (SSSR count). The molecule has 5 nitrogen and oxygen atoms in total. The van der Waals surface area contributed by atoms with Crippen LogP contribution in [0.1, 0.15) is 39.2 Å². The van der Waals surface area contributed by atoms with Crippen molar-refractivity contribution >= 4 is 6.09 Å². The highest BCUT2D eigenvalue weighted by molar-refractivity contribution is 5.67. The third kappa shape index (κ3) is 5.21. The number of carbonyl (C=O) groups excluding carboxylic acids is 1. The summed E-state index contributed by atoms with van der Waals surface area (Å²) in [4.78, 5) is 14.1. The van der Waals surface area contributed by atoms with E-state index >= 15 is 0 Å². The van der Waals surface area contributed by atoms with Gasteiger partial charge in [-0.05, 0) is 29.7 Å². The average Bonchev–Trinajstić information content (AvgIpc) is 2.90. The number of morpholine rings is 1. The lowest BCUT2D eigenvalue weighted by Gasteiger charge is -2.33. The fourth-order valence-corrected chi connectivity index (χ4v) is 4.27. The molecule has 3 unspecified atom stereocenters. The molecule has 2 fully saturated rings. The molecule has 1 aromatic rings. The molecule has 0 spiro atoms. The second kappa shape index (κ2) is 8.40. The van der Waals surface area contributed by atoms with Gasteiger partial charge in [0.2, 0.25) is 0 Å². The number of ether oxygens (including phenoxy) is 2. The lowest BCUT2D eigenvalue weighted by Crippen LogP contribution is -2.50. The van der Waals surface area contributed by atoms with Crippen molar-refractivity contribution in [2.45, 2.75) is 52.4 Å². The van der Waals surface area contributed by atoms with Crippen LogP contribution in [0.25, 0.3) is 0 Å². The third-order valence-electron chi connectivity index (χ3n) is 5.54. The molecule has 1 heterocycles. The number of rotatable bonds is 5. The van der Waals surface area contributed by atoms with Crippen LogP contribution < -0.4 is 5.32 Å². The van der Waals surface area contributed by atoms with Gasteiger partial charge in [-0.15, -0.1) is 0 Å². The fourth-order valence-electron chi connectivity index (χ4n) is 4.27. The summed E-state index contributed by atoms with van der Waals surface area (Å²) in [5.74, 6) is 0.681. The highest BCUT2D eigenvalue weighted by atomic mass is 16.6. The Labute approximate surface area is 157 Å². The van der Waals surface area contributed by atoms with E-state index in [0.717, 1.165) is 12.1 Å². The Kier molecular flexibility index (Phi) is 6.20. The summed E-state index contributed by atoms with van der Waals surface area (Å²) in [6.45, 7) is 9.85. The van der Waals surface area contributed by atoms with Gasteiger partial charge in [0.15, 0.2) is 0 Å². The predicted octanol–water partition coefficient (Wildman–Crippen LogP) is 3.44. The summed E-state index contributed by atoms with van der Waals surface area (Å²) in [5, 5.41) is 3.67. The van der Waals surface area contributed by atoms with E-state index in [0.29, 0.717) is 43.7 Å². The first-order valence-corrected chi connectivity index (χ1v) is 9.73. The van der Waals surface area contributed by atoms with E-state index in [9.17, 15) is 4.79 Å². The Hall–Kier alpha value is -1.59. The van der Waals surface area contributed by atoms with Crippen molar-refractivity contribution in [3.63, 3.8) is 0 Å². The van der Waals surface area contributed by atoms with Gasteiger partial charge in [0.1, 0.15) is 6.61 Å². The van der Waals surface area contributed by atoms with Gasteiger partial charge in [0.25, 0.3) is 0 Å². The predicted molar refractivity (Wildman–Crippen MR) is 102 cm³/mol. The SMILES string of the molecule is CC1CC(C)(C)CC1NCC1CN(C(=O)OCc2ccccc2)CCO1. The minimum absolute atomic E-state index is 0.0314. The van der Waals surface area contributed by atoms with E-state index in [1.54, 1.807) is 4.90 Å². The highest BCUT2D eigenvalue weighted by Gasteiger charge is 2.37. The number of nitrogens with zero attached hydrogens (tertiary/aromatic N) is 1. The van der Waals surface area contributed by atoms with E-state index in [4.69, 9.17) is 9.47 Å². The van der Waals surface area contributed by atoms with Crippen molar-refractivity contribution in [2.24, 2.45) is 11.3 Å². The largest absolute Gasteiger partial charge is 0.445 e. The summed E-state index contributed by atoms with van der Waals surface area (Å²) in [6, 6.07) is 10.3. The number of benzene rings is 1. The van der Waals surface area contributed by atoms with E-state index in [1.165, 1.54) is 12.8 Å². The quantitative estimate of drug-likeness (QED) is 0.874. The molecule has 0 bridgehead atoms. The van der Waals surface area contributed by atoms with Gasteiger partial charge < -0.3 is 19.7 Å². The van der Waals surface area contributed by atoms with Crippen molar-refractivity contribution < 1.29 is 14.3 Å². The summed E-state index contributed by atoms with van der Waals surface area (Å²) in [6.07, 6.45) is 2.24. The Morgan fingerprint density at radius 2 is 2.08 bits per heavy atom. The zero-order chi connectivity index (χ0) is 18.6. The molecule has 1 aliphatic carbocycles. The molecule has 1 saturated carbocycles. The van der Waals surface area contributed by atoms with Crippen LogP contribution in [0.5, 0.6) is 0 Å². The van der Waals surface area contributed by atoms with Gasteiger partial charge in [-0.1, -0.05) is 51.1 Å². The molecule has 2 aliphatic rings. The van der Waals surface area contributed by atoms with Crippen molar-refractivity contribution in [1.29, 1.82) is 0 Å². The molecule has 5 heteroatoms. The smallest absolute Gasteiger partial charge is 0.410 e. The molecule has 3 atom stereocenters. The number of hydrogen-bond donors (Lipinski definition) is 1. The fraction of sp³-hybridized carbons (Fsp3) is 0.667. The number of carbonyl (C=O) groups is 1. The standard InChI is InChI=1S/C21H32N2O3/c1-16-11-21(2,3)12-19(16)22-13-18-14-23(9-10-25-18)20(24)26-15-17-7-5-4-6-8-17/h4-8,16,18-19,22H,9-15H2,1-3H3. The van der Waals surface area contributed by atoms with Gasteiger partial charge in [-0.25, -0.2) is 4.79 Å². The molecule has 0 radical (unpaired) electrons. The number of hydrogen-bond acceptors (Lipinski definition) is 4. The Balaban J connectivity index is 1.43. The summed E-state index contributed by atoms with van der Waals surface area (Å²) < 4.78 is 11.3. The second-order valence-electron chi connectivity index (χ2n) is 8.54. The Bertz CT molecular complexity index is 590. The zero-order valence-electron chi connectivity index (χ0n) is 16.2. The second-order valence-corrected chi connectivity index (χ2v) is 8.54. The maximum absolute atomic E-state index is 12.3. The van der Waals surface area contributed by atoms with Gasteiger partial charge in [-0.3, -0.25) is 0 Å². The average molecular weight is 360 g/mol. The first-order chi connectivity index (χ1) is 12.4. The lowest BCUT2D eigenvalue weighted by atomic mass is 9.91. The van der Waals surface area contributed by atoms with Crippen molar-refractivity contribution in [1.82, 2.24) is 10.2 Å². The molecule has 1 aromatic carbocycles. The van der Waals surface area contributed by atoms with Crippen LogP contribution in [0.4, 0.5) is 4.79 Å². The number of amides is 1. The van der Waals surface area contributed by atoms with Crippen LogP contribution in [-0.4, -0.2) is 49.4 Å². The van der Waals surface area contributed by atoms with Crippen LogP contribution >= 0.6 is 0 Å². The van der Waals surface area contributed by atoms with E-state index < -0.39 is 0 Å². The van der Waals surface area contributed by atoms with Crippen molar-refractivity contribution in [3.8, 4) is 0 Å². The Morgan fingerprint density at radius 1 is 1.31 bits per heavy atom. The van der Waals surface area contributed by atoms with Crippen LogP contribution in [0, 0.1) is 11.3 Å². The maximum atomic E-state index is 12.3. The summed E-state index contributed by atoms with van der Waals surface area (Å²) in [7, 11) is 0. The third-order valence-corrected chi connectivity index (χ3v) is 5.54. The molecular formula is C21H32N2O3. The molecular weight excluding hydrogens is 328 g/mol. The highest BCUT2D eigenvalue weighted by Crippen LogP contribution is 2.40. The topological polar surface area (TPSA) is 50.8 Å². The van der Waals surface area contributed by atoms with E-state index in [2.05, 4.69) is 26.1 Å². The van der Waals surface area contributed by atoms with E-state index in [1.807, 2.05) is 30.3 Å². The van der Waals surface area contributed by atoms with Crippen LogP contribution in [0.2, 0.25) is 0 Å². The first-order valence-electron chi connectivity index (χ1n) is 9.73. The minimum atomic E-state index is -0.252. The lowest BCUT2D eigenvalue weighted by molar-refractivity contribution is -0.0283. The molecule has 1 N–H and O–H groups in total. The molecule has 0 aromatic heterocycles. The minimum Gasteiger partial charge on any atom is -0.445 e. The van der Waals surface area contributed by atoms with Gasteiger partial charge >= 0.3 is 6.09 Å². The van der Waals surface area contributed by atoms with E-state index in [-0.39, 0.29) is 12.2 Å². The monoisotopic (exact) mass is 360 g/mol. The van der Waals surface area contributed by atoms with Crippen LogP contribution in [0.3, 0.4) is 0 Å². The number of nitrogens with one attached hydrogen (secondary N) is 1. The first kappa shape index (κ1) is 19.2. The summed E-state index contributed by atoms with van der Waals surface area (Å²) in [5.41, 5.74) is 1.42. The molecule has 144 valence electrons. The maximum Gasteiger partial charge on any atom is 0.410 e. The molecule has 26 heavy (non-hydrogen) atoms. The molecule has 1 saturated heterocycles. The van der Waals surface area contributed by atoms with Crippen molar-refractivity contribution in [3.05, 3.63) is 35.9 Å². The molecule has 1 aliphatic heterocycles. The van der Waals surface area contributed by atoms with Gasteiger partial charge in [0.05, 0.1) is 19.3 Å². The molecule has 1 amide bonds. The van der Waals surface area contributed by atoms with Gasteiger partial charge in [-0.2, -0.15) is 0 Å². The Morgan fingerprint density at radius 3 is 2.77 bits per heavy atom. The normalized spacial score (nSPS) is 28.1. The zero-order valence-corrected chi connectivity index (χ0v) is 16.2. The van der Waals surface area contributed by atoms with Gasteiger partial charge in [0, 0.05) is 19.1 Å². The van der Waals surface area contributed by atoms with Crippen molar-refractivity contribution in [2.75, 3.05) is 26.2 Å². The summed E-state index contributed by atoms with van der Waals surface area (Å²) >= 11 is 0.